The fourth-order valence-electron chi connectivity index (χ4n) is 1.74. The van der Waals surface area contributed by atoms with Crippen molar-refractivity contribution in [2.24, 2.45) is 0 Å². The van der Waals surface area contributed by atoms with Gasteiger partial charge in [-0.2, -0.15) is 0 Å². The molecule has 0 spiro atoms. The number of hydrogen-bond acceptors (Lipinski definition) is 3. The first kappa shape index (κ1) is 13.7. The number of aliphatic carboxylic acids is 1. The molecular formula is C12H21N3O2. The van der Waals surface area contributed by atoms with Gasteiger partial charge >= 0.3 is 5.97 Å². The molecule has 0 aliphatic carbocycles. The first-order valence-corrected chi connectivity index (χ1v) is 6.01. The number of imidazole rings is 1. The van der Waals surface area contributed by atoms with Gasteiger partial charge in [-0.3, -0.25) is 4.79 Å². The lowest BCUT2D eigenvalue weighted by atomic mass is 10.2. The Morgan fingerprint density at radius 2 is 2.24 bits per heavy atom. The molecule has 0 atom stereocenters. The lowest BCUT2D eigenvalue weighted by molar-refractivity contribution is -0.137. The maximum Gasteiger partial charge on any atom is 0.304 e. The van der Waals surface area contributed by atoms with Gasteiger partial charge in [-0.25, -0.2) is 4.98 Å². The van der Waals surface area contributed by atoms with E-state index in [-0.39, 0.29) is 6.42 Å². The van der Waals surface area contributed by atoms with Crippen molar-refractivity contribution in [1.29, 1.82) is 0 Å². The number of carbonyl (C=O) groups is 1. The molecule has 0 fully saturated rings. The minimum Gasteiger partial charge on any atom is -0.481 e. The first-order chi connectivity index (χ1) is 8.09. The van der Waals surface area contributed by atoms with E-state index in [9.17, 15) is 4.79 Å². The Kier molecular flexibility index (Phi) is 5.69. The van der Waals surface area contributed by atoms with Crippen LogP contribution in [0.15, 0.2) is 18.7 Å². The Morgan fingerprint density at radius 1 is 1.47 bits per heavy atom. The third-order valence-corrected chi connectivity index (χ3v) is 2.76. The van der Waals surface area contributed by atoms with Crippen molar-refractivity contribution in [3.05, 3.63) is 18.7 Å². The highest BCUT2D eigenvalue weighted by molar-refractivity contribution is 5.66. The summed E-state index contributed by atoms with van der Waals surface area (Å²) in [5.41, 5.74) is 0. The standard InChI is InChI=1S/C12H21N3O2/c1-11(2)15(8-4-12(16)17)7-3-6-14-9-5-13-10-14/h5,9-11H,3-4,6-8H2,1-2H3,(H,16,17). The zero-order valence-corrected chi connectivity index (χ0v) is 10.5. The van der Waals surface area contributed by atoms with Crippen LogP contribution in [0.3, 0.4) is 0 Å². The van der Waals surface area contributed by atoms with Crippen molar-refractivity contribution in [2.75, 3.05) is 13.1 Å². The number of nitrogens with zero attached hydrogens (tertiary/aromatic N) is 3. The van der Waals surface area contributed by atoms with Gasteiger partial charge in [0.05, 0.1) is 12.7 Å². The summed E-state index contributed by atoms with van der Waals surface area (Å²) in [5.74, 6) is -0.731. The second-order valence-corrected chi connectivity index (χ2v) is 4.43. The fourth-order valence-corrected chi connectivity index (χ4v) is 1.74. The van der Waals surface area contributed by atoms with Crippen molar-refractivity contribution in [2.45, 2.75) is 39.3 Å². The summed E-state index contributed by atoms with van der Waals surface area (Å²) >= 11 is 0. The van der Waals surface area contributed by atoms with Crippen LogP contribution in [0.25, 0.3) is 0 Å². The summed E-state index contributed by atoms with van der Waals surface area (Å²) in [4.78, 5) is 16.7. The number of carboxylic acid groups (broad SMARTS) is 1. The summed E-state index contributed by atoms with van der Waals surface area (Å²) in [6.07, 6.45) is 6.73. The molecule has 1 aromatic rings. The molecule has 0 saturated heterocycles. The predicted octanol–water partition coefficient (Wildman–Crippen LogP) is 1.46. The van der Waals surface area contributed by atoms with Crippen LogP contribution in [-0.4, -0.2) is 44.7 Å². The van der Waals surface area contributed by atoms with E-state index in [2.05, 4.69) is 23.7 Å². The fraction of sp³-hybridized carbons (Fsp3) is 0.667. The minimum absolute atomic E-state index is 0.212. The summed E-state index contributed by atoms with van der Waals surface area (Å²) in [5, 5.41) is 8.68. The smallest absolute Gasteiger partial charge is 0.304 e. The second kappa shape index (κ2) is 7.06. The van der Waals surface area contributed by atoms with Gasteiger partial charge in [-0.15, -0.1) is 0 Å². The minimum atomic E-state index is -0.731. The van der Waals surface area contributed by atoms with Gasteiger partial charge in [0.15, 0.2) is 0 Å². The zero-order chi connectivity index (χ0) is 12.7. The monoisotopic (exact) mass is 239 g/mol. The van der Waals surface area contributed by atoms with Crippen LogP contribution in [-0.2, 0) is 11.3 Å². The lowest BCUT2D eigenvalue weighted by Crippen LogP contribution is -2.34. The largest absolute Gasteiger partial charge is 0.481 e. The number of rotatable bonds is 8. The molecular weight excluding hydrogens is 218 g/mol. The highest BCUT2D eigenvalue weighted by Gasteiger charge is 2.10. The Morgan fingerprint density at radius 3 is 2.76 bits per heavy atom. The molecule has 0 aromatic carbocycles. The van der Waals surface area contributed by atoms with Gasteiger partial charge < -0.3 is 14.6 Å². The molecule has 17 heavy (non-hydrogen) atoms. The summed E-state index contributed by atoms with van der Waals surface area (Å²) in [6.45, 7) is 6.66. The van der Waals surface area contributed by atoms with Gasteiger partial charge in [0, 0.05) is 38.1 Å². The molecule has 0 amide bonds. The van der Waals surface area contributed by atoms with E-state index >= 15 is 0 Å². The van der Waals surface area contributed by atoms with Crippen LogP contribution in [0.4, 0.5) is 0 Å². The molecule has 0 radical (unpaired) electrons. The average molecular weight is 239 g/mol. The number of carboxylic acids is 1. The van der Waals surface area contributed by atoms with Crippen LogP contribution >= 0.6 is 0 Å². The Balaban J connectivity index is 2.26. The molecule has 0 aliphatic rings. The van der Waals surface area contributed by atoms with Crippen molar-refractivity contribution in [3.8, 4) is 0 Å². The quantitative estimate of drug-likeness (QED) is 0.746. The molecule has 0 unspecified atom stereocenters. The van der Waals surface area contributed by atoms with Crippen LogP contribution in [0.1, 0.15) is 26.7 Å². The van der Waals surface area contributed by atoms with Crippen LogP contribution < -0.4 is 0 Å². The molecule has 0 saturated carbocycles. The first-order valence-electron chi connectivity index (χ1n) is 6.01. The normalized spacial score (nSPS) is 11.3. The third-order valence-electron chi connectivity index (χ3n) is 2.76. The summed E-state index contributed by atoms with van der Waals surface area (Å²) in [7, 11) is 0. The van der Waals surface area contributed by atoms with Gasteiger partial charge in [0.2, 0.25) is 0 Å². The van der Waals surface area contributed by atoms with Crippen LogP contribution in [0.2, 0.25) is 0 Å². The Labute approximate surface area is 102 Å². The number of aromatic nitrogens is 2. The van der Waals surface area contributed by atoms with Gasteiger partial charge in [-0.05, 0) is 20.3 Å². The maximum absolute atomic E-state index is 10.5. The predicted molar refractivity (Wildman–Crippen MR) is 65.8 cm³/mol. The molecule has 0 bridgehead atoms. The van der Waals surface area contributed by atoms with Crippen molar-refractivity contribution < 1.29 is 9.90 Å². The van der Waals surface area contributed by atoms with Gasteiger partial charge in [-0.1, -0.05) is 0 Å². The zero-order valence-electron chi connectivity index (χ0n) is 10.5. The van der Waals surface area contributed by atoms with E-state index in [4.69, 9.17) is 5.11 Å². The topological polar surface area (TPSA) is 58.4 Å². The van der Waals surface area contributed by atoms with E-state index in [1.807, 2.05) is 10.8 Å². The van der Waals surface area contributed by atoms with E-state index in [1.54, 1.807) is 12.5 Å². The number of hydrogen-bond donors (Lipinski definition) is 1. The number of aryl methyl sites for hydroxylation is 1. The molecule has 5 nitrogen and oxygen atoms in total. The van der Waals surface area contributed by atoms with E-state index in [0.717, 1.165) is 19.5 Å². The van der Waals surface area contributed by atoms with Crippen molar-refractivity contribution in [1.82, 2.24) is 14.5 Å². The molecule has 1 heterocycles. The summed E-state index contributed by atoms with van der Waals surface area (Å²) in [6, 6.07) is 0.386. The van der Waals surface area contributed by atoms with Gasteiger partial charge in [0.1, 0.15) is 0 Å². The Bertz CT molecular complexity index is 323. The van der Waals surface area contributed by atoms with E-state index in [0.29, 0.717) is 12.6 Å². The molecule has 5 heteroatoms. The van der Waals surface area contributed by atoms with Crippen molar-refractivity contribution in [3.63, 3.8) is 0 Å². The summed E-state index contributed by atoms with van der Waals surface area (Å²) < 4.78 is 2.04. The molecule has 1 aromatic heterocycles. The maximum atomic E-state index is 10.5. The molecule has 0 aliphatic heterocycles. The molecule has 1 rings (SSSR count). The highest BCUT2D eigenvalue weighted by Crippen LogP contribution is 2.02. The highest BCUT2D eigenvalue weighted by atomic mass is 16.4. The average Bonchev–Trinajstić information content (AvgIpc) is 2.74. The lowest BCUT2D eigenvalue weighted by Gasteiger charge is -2.25. The van der Waals surface area contributed by atoms with Gasteiger partial charge in [0.25, 0.3) is 0 Å². The third kappa shape index (κ3) is 5.49. The van der Waals surface area contributed by atoms with E-state index < -0.39 is 5.97 Å². The van der Waals surface area contributed by atoms with Crippen LogP contribution in [0.5, 0.6) is 0 Å². The molecule has 96 valence electrons. The molecule has 1 N–H and O–H groups in total. The van der Waals surface area contributed by atoms with Crippen molar-refractivity contribution >= 4 is 5.97 Å². The van der Waals surface area contributed by atoms with E-state index in [1.165, 1.54) is 0 Å². The SMILES string of the molecule is CC(C)N(CCCn1ccnc1)CCC(=O)O. The van der Waals surface area contributed by atoms with Crippen LogP contribution in [0, 0.1) is 0 Å². The Hall–Kier alpha value is -1.36. The second-order valence-electron chi connectivity index (χ2n) is 4.43.